The van der Waals surface area contributed by atoms with Gasteiger partial charge in [0, 0.05) is 50.8 Å². The fourth-order valence-corrected chi connectivity index (χ4v) is 3.49. The molecule has 126 valence electrons. The van der Waals surface area contributed by atoms with Crippen molar-refractivity contribution in [3.05, 3.63) is 11.1 Å². The summed E-state index contributed by atoms with van der Waals surface area (Å²) >= 11 is 3.60. The predicted molar refractivity (Wildman–Crippen MR) is 110 cm³/mol. The van der Waals surface area contributed by atoms with Gasteiger partial charge in [-0.1, -0.05) is 0 Å². The van der Waals surface area contributed by atoms with Crippen LogP contribution < -0.4 is 15.5 Å². The lowest BCUT2D eigenvalue weighted by Gasteiger charge is -2.12. The molecule has 0 amide bonds. The average Bonchev–Trinajstić information content (AvgIpc) is 3.16. The number of guanidine groups is 1. The van der Waals surface area contributed by atoms with Crippen molar-refractivity contribution in [3.8, 4) is 0 Å². The summed E-state index contributed by atoms with van der Waals surface area (Å²) in [6, 6.07) is 0. The van der Waals surface area contributed by atoms with E-state index >= 15 is 0 Å². The Bertz CT molecular complexity index is 446. The van der Waals surface area contributed by atoms with E-state index < -0.39 is 0 Å². The van der Waals surface area contributed by atoms with Crippen LogP contribution in [0.3, 0.4) is 0 Å². The summed E-state index contributed by atoms with van der Waals surface area (Å²) in [7, 11) is 1.81. The van der Waals surface area contributed by atoms with Crippen molar-refractivity contribution in [1.29, 1.82) is 0 Å². The molecule has 0 radical (unpaired) electrons. The largest absolute Gasteiger partial charge is 0.356 e. The number of hydrogen-bond acceptors (Lipinski definition) is 5. The first-order chi connectivity index (χ1) is 10.3. The van der Waals surface area contributed by atoms with E-state index in [1.54, 1.807) is 11.3 Å². The van der Waals surface area contributed by atoms with Crippen LogP contribution in [0, 0.1) is 0 Å². The number of halogens is 1. The molecule has 2 N–H and O–H groups in total. The van der Waals surface area contributed by atoms with Crippen LogP contribution in [-0.2, 0) is 6.42 Å². The second-order valence-corrected chi connectivity index (χ2v) is 6.81. The molecule has 0 unspecified atom stereocenters. The molecule has 8 heteroatoms. The highest BCUT2D eigenvalue weighted by atomic mass is 127. The van der Waals surface area contributed by atoms with Crippen LogP contribution in [0.4, 0.5) is 5.13 Å². The molecule has 0 aromatic carbocycles. The van der Waals surface area contributed by atoms with Gasteiger partial charge in [-0.15, -0.1) is 35.3 Å². The van der Waals surface area contributed by atoms with Crippen LogP contribution in [-0.4, -0.2) is 56.2 Å². The molecule has 0 spiro atoms. The quantitative estimate of drug-likeness (QED) is 0.286. The number of thiazole rings is 1. The molecule has 1 fully saturated rings. The smallest absolute Gasteiger partial charge is 0.191 e. The maximum atomic E-state index is 4.73. The molecule has 2 heterocycles. The van der Waals surface area contributed by atoms with E-state index in [0.29, 0.717) is 0 Å². The van der Waals surface area contributed by atoms with E-state index in [1.165, 1.54) is 23.7 Å². The number of nitrogens with one attached hydrogen (secondary N) is 2. The van der Waals surface area contributed by atoms with Crippen molar-refractivity contribution in [1.82, 2.24) is 15.6 Å². The molecule has 0 bridgehead atoms. The zero-order valence-corrected chi connectivity index (χ0v) is 17.3. The van der Waals surface area contributed by atoms with Crippen molar-refractivity contribution in [2.45, 2.75) is 19.3 Å². The van der Waals surface area contributed by atoms with E-state index in [4.69, 9.17) is 4.98 Å². The summed E-state index contributed by atoms with van der Waals surface area (Å²) in [6.07, 6.45) is 5.65. The molecule has 0 aliphatic carbocycles. The lowest BCUT2D eigenvalue weighted by atomic mass is 10.3. The van der Waals surface area contributed by atoms with Gasteiger partial charge in [0.2, 0.25) is 0 Å². The molecule has 0 saturated carbocycles. The third-order valence-electron chi connectivity index (χ3n) is 3.41. The Morgan fingerprint density at radius 3 is 2.77 bits per heavy atom. The molecule has 22 heavy (non-hydrogen) atoms. The van der Waals surface area contributed by atoms with Gasteiger partial charge in [0.15, 0.2) is 11.1 Å². The van der Waals surface area contributed by atoms with E-state index in [9.17, 15) is 0 Å². The standard InChI is InChI=1S/C14H25N5S2.HI/c1-15-13(17-7-10-20-2)16-6-5-12-11-21-14(18-12)19-8-3-4-9-19;/h11H,3-10H2,1-2H3,(H2,15,16,17);1H. The van der Waals surface area contributed by atoms with Crippen LogP contribution in [0.15, 0.2) is 10.4 Å². The first-order valence-corrected chi connectivity index (χ1v) is 9.73. The second kappa shape index (κ2) is 11.3. The topological polar surface area (TPSA) is 52.6 Å². The summed E-state index contributed by atoms with van der Waals surface area (Å²) in [6.45, 7) is 4.13. The minimum absolute atomic E-state index is 0. The van der Waals surface area contributed by atoms with Crippen LogP contribution >= 0.6 is 47.1 Å². The molecule has 1 aromatic heterocycles. The number of anilines is 1. The monoisotopic (exact) mass is 455 g/mol. The van der Waals surface area contributed by atoms with Crippen molar-refractivity contribution in [2.75, 3.05) is 50.1 Å². The predicted octanol–water partition coefficient (Wildman–Crippen LogP) is 2.43. The minimum atomic E-state index is 0. The van der Waals surface area contributed by atoms with E-state index in [1.807, 2.05) is 18.8 Å². The van der Waals surface area contributed by atoms with Gasteiger partial charge < -0.3 is 15.5 Å². The van der Waals surface area contributed by atoms with Crippen LogP contribution in [0.5, 0.6) is 0 Å². The number of thioether (sulfide) groups is 1. The molecular formula is C14H26IN5S2. The Morgan fingerprint density at radius 2 is 2.09 bits per heavy atom. The van der Waals surface area contributed by atoms with Gasteiger partial charge in [-0.2, -0.15) is 11.8 Å². The van der Waals surface area contributed by atoms with Crippen LogP contribution in [0.25, 0.3) is 0 Å². The summed E-state index contributed by atoms with van der Waals surface area (Å²) in [5.74, 6) is 1.96. The Kier molecular flexibility index (Phi) is 10.2. The van der Waals surface area contributed by atoms with Crippen molar-refractivity contribution in [3.63, 3.8) is 0 Å². The molecule has 2 rings (SSSR count). The SMILES string of the molecule is CN=C(NCCSC)NCCc1csc(N2CCCC2)n1.I. The zero-order chi connectivity index (χ0) is 14.9. The van der Waals surface area contributed by atoms with Gasteiger partial charge in [0.05, 0.1) is 5.69 Å². The average molecular weight is 455 g/mol. The number of aromatic nitrogens is 1. The maximum Gasteiger partial charge on any atom is 0.191 e. The lowest BCUT2D eigenvalue weighted by molar-refractivity contribution is 0.800. The van der Waals surface area contributed by atoms with E-state index in [0.717, 1.165) is 44.3 Å². The number of rotatable bonds is 7. The molecular weight excluding hydrogens is 429 g/mol. The van der Waals surface area contributed by atoms with Crippen LogP contribution in [0.1, 0.15) is 18.5 Å². The van der Waals surface area contributed by atoms with E-state index in [2.05, 4.69) is 32.2 Å². The third kappa shape index (κ3) is 6.49. The Morgan fingerprint density at radius 1 is 1.36 bits per heavy atom. The van der Waals surface area contributed by atoms with Crippen LogP contribution in [0.2, 0.25) is 0 Å². The highest BCUT2D eigenvalue weighted by Crippen LogP contribution is 2.24. The normalized spacial score (nSPS) is 14.8. The molecule has 1 aromatic rings. The van der Waals surface area contributed by atoms with E-state index in [-0.39, 0.29) is 24.0 Å². The van der Waals surface area contributed by atoms with Gasteiger partial charge in [-0.3, -0.25) is 4.99 Å². The van der Waals surface area contributed by atoms with Crippen molar-refractivity contribution < 1.29 is 0 Å². The third-order valence-corrected chi connectivity index (χ3v) is 4.97. The van der Waals surface area contributed by atoms with Gasteiger partial charge >= 0.3 is 0 Å². The van der Waals surface area contributed by atoms with Crippen molar-refractivity contribution in [2.24, 2.45) is 4.99 Å². The second-order valence-electron chi connectivity index (χ2n) is 4.98. The molecule has 5 nitrogen and oxygen atoms in total. The number of nitrogens with zero attached hydrogens (tertiary/aromatic N) is 3. The molecule has 1 aliphatic rings. The summed E-state index contributed by atoms with van der Waals surface area (Å²) in [4.78, 5) is 11.3. The number of hydrogen-bond donors (Lipinski definition) is 2. The minimum Gasteiger partial charge on any atom is -0.356 e. The van der Waals surface area contributed by atoms with Crippen molar-refractivity contribution >= 4 is 58.2 Å². The Hall–Kier alpha value is -0.220. The Labute approximate surface area is 158 Å². The fraction of sp³-hybridized carbons (Fsp3) is 0.714. The molecule has 0 atom stereocenters. The van der Waals surface area contributed by atoms with Gasteiger partial charge in [-0.25, -0.2) is 4.98 Å². The molecule has 1 saturated heterocycles. The highest BCUT2D eigenvalue weighted by molar-refractivity contribution is 14.0. The lowest BCUT2D eigenvalue weighted by Crippen LogP contribution is -2.39. The zero-order valence-electron chi connectivity index (χ0n) is 13.3. The summed E-state index contributed by atoms with van der Waals surface area (Å²) in [5.41, 5.74) is 1.17. The van der Waals surface area contributed by atoms with Gasteiger partial charge in [0.25, 0.3) is 0 Å². The summed E-state index contributed by atoms with van der Waals surface area (Å²) < 4.78 is 0. The maximum absolute atomic E-state index is 4.73. The Balaban J connectivity index is 0.00000242. The first kappa shape index (κ1) is 19.8. The number of aliphatic imine (C=N–C) groups is 1. The van der Waals surface area contributed by atoms with Gasteiger partial charge in [0.1, 0.15) is 0 Å². The summed E-state index contributed by atoms with van der Waals surface area (Å²) in [5, 5.41) is 10.00. The first-order valence-electron chi connectivity index (χ1n) is 7.46. The highest BCUT2D eigenvalue weighted by Gasteiger charge is 2.15. The fourth-order valence-electron chi connectivity index (χ4n) is 2.27. The van der Waals surface area contributed by atoms with Gasteiger partial charge in [-0.05, 0) is 19.1 Å². The molecule has 1 aliphatic heterocycles.